The molecule has 1 atom stereocenters. The second-order valence-electron chi connectivity index (χ2n) is 5.14. The van der Waals surface area contributed by atoms with E-state index in [2.05, 4.69) is 23.0 Å². The molecule has 1 aromatic heterocycles. The fraction of sp³-hybridized carbons (Fsp3) is 0.235. The first-order valence-electron chi connectivity index (χ1n) is 7.25. The van der Waals surface area contributed by atoms with Gasteiger partial charge in [-0.2, -0.15) is 0 Å². The molecule has 22 heavy (non-hydrogen) atoms. The van der Waals surface area contributed by atoms with E-state index in [0.29, 0.717) is 10.9 Å². The summed E-state index contributed by atoms with van der Waals surface area (Å²) in [5.41, 5.74) is 1.67. The number of fused-ring (bicyclic) bond motifs is 1. The molecule has 1 aromatic carbocycles. The SMILES string of the molecule is CC1CCN(C(=O)/C=C/c2cnccn2)c2ccccc2S1. The number of para-hydroxylation sites is 1. The molecule has 0 aliphatic carbocycles. The average Bonchev–Trinajstić information content (AvgIpc) is 2.72. The molecule has 0 N–H and O–H groups in total. The smallest absolute Gasteiger partial charge is 0.251 e. The molecule has 5 heteroatoms. The van der Waals surface area contributed by atoms with Crippen molar-refractivity contribution in [2.24, 2.45) is 0 Å². The van der Waals surface area contributed by atoms with Crippen molar-refractivity contribution in [3.05, 3.63) is 54.6 Å². The Labute approximate surface area is 134 Å². The number of carbonyl (C=O) groups excluding carboxylic acids is 1. The monoisotopic (exact) mass is 311 g/mol. The van der Waals surface area contributed by atoms with Gasteiger partial charge in [-0.15, -0.1) is 11.8 Å². The van der Waals surface area contributed by atoms with Gasteiger partial charge < -0.3 is 4.90 Å². The summed E-state index contributed by atoms with van der Waals surface area (Å²) in [5.74, 6) is -0.0206. The summed E-state index contributed by atoms with van der Waals surface area (Å²) >= 11 is 1.83. The average molecular weight is 311 g/mol. The highest BCUT2D eigenvalue weighted by Crippen LogP contribution is 2.37. The molecular formula is C17H17N3OS. The maximum Gasteiger partial charge on any atom is 0.251 e. The minimum absolute atomic E-state index is 0.0206. The fourth-order valence-corrected chi connectivity index (χ4v) is 3.47. The van der Waals surface area contributed by atoms with E-state index in [0.717, 1.165) is 23.5 Å². The van der Waals surface area contributed by atoms with E-state index < -0.39 is 0 Å². The van der Waals surface area contributed by atoms with Crippen molar-refractivity contribution in [1.82, 2.24) is 9.97 Å². The molecule has 1 unspecified atom stereocenters. The number of thioether (sulfide) groups is 1. The summed E-state index contributed by atoms with van der Waals surface area (Å²) in [6, 6.07) is 8.08. The van der Waals surface area contributed by atoms with Gasteiger partial charge in [0.25, 0.3) is 5.91 Å². The zero-order valence-electron chi connectivity index (χ0n) is 12.3. The van der Waals surface area contributed by atoms with Crippen molar-refractivity contribution in [1.29, 1.82) is 0 Å². The summed E-state index contributed by atoms with van der Waals surface area (Å²) in [7, 11) is 0. The van der Waals surface area contributed by atoms with E-state index in [4.69, 9.17) is 0 Å². The lowest BCUT2D eigenvalue weighted by Crippen LogP contribution is -2.30. The molecule has 1 aliphatic rings. The van der Waals surface area contributed by atoms with Crippen LogP contribution in [-0.4, -0.2) is 27.7 Å². The third kappa shape index (κ3) is 3.36. The third-order valence-corrected chi connectivity index (χ3v) is 4.73. The molecule has 112 valence electrons. The fourth-order valence-electron chi connectivity index (χ4n) is 2.36. The zero-order valence-corrected chi connectivity index (χ0v) is 13.2. The van der Waals surface area contributed by atoms with E-state index >= 15 is 0 Å². The molecule has 0 fully saturated rings. The molecule has 0 radical (unpaired) electrons. The Morgan fingerprint density at radius 2 is 2.23 bits per heavy atom. The Kier molecular flexibility index (Phi) is 4.53. The number of rotatable bonds is 2. The van der Waals surface area contributed by atoms with Crippen LogP contribution in [0.2, 0.25) is 0 Å². The van der Waals surface area contributed by atoms with Crippen LogP contribution in [0.5, 0.6) is 0 Å². The van der Waals surface area contributed by atoms with Gasteiger partial charge in [0, 0.05) is 35.2 Å². The summed E-state index contributed by atoms with van der Waals surface area (Å²) in [4.78, 5) is 23.7. The highest BCUT2D eigenvalue weighted by Gasteiger charge is 2.22. The van der Waals surface area contributed by atoms with E-state index in [9.17, 15) is 4.79 Å². The van der Waals surface area contributed by atoms with Crippen LogP contribution in [0.15, 0.2) is 53.8 Å². The molecule has 4 nitrogen and oxygen atoms in total. The summed E-state index contributed by atoms with van der Waals surface area (Å²) in [6.45, 7) is 2.93. The zero-order chi connectivity index (χ0) is 15.4. The second-order valence-corrected chi connectivity index (χ2v) is 6.62. The summed E-state index contributed by atoms with van der Waals surface area (Å²) in [6.07, 6.45) is 9.12. The number of hydrogen-bond donors (Lipinski definition) is 0. The quantitative estimate of drug-likeness (QED) is 0.797. The van der Waals surface area contributed by atoms with Gasteiger partial charge in [0.2, 0.25) is 0 Å². The first-order chi connectivity index (χ1) is 10.7. The Bertz CT molecular complexity index is 687. The van der Waals surface area contributed by atoms with Crippen LogP contribution in [0.4, 0.5) is 5.69 Å². The largest absolute Gasteiger partial charge is 0.308 e. The minimum Gasteiger partial charge on any atom is -0.308 e. The van der Waals surface area contributed by atoms with Gasteiger partial charge in [0.1, 0.15) is 0 Å². The first kappa shape index (κ1) is 14.8. The molecule has 0 bridgehead atoms. The number of anilines is 1. The molecule has 0 saturated heterocycles. The Hall–Kier alpha value is -2.14. The van der Waals surface area contributed by atoms with Crippen molar-refractivity contribution in [2.75, 3.05) is 11.4 Å². The molecular weight excluding hydrogens is 294 g/mol. The number of benzene rings is 1. The predicted molar refractivity (Wildman–Crippen MR) is 89.8 cm³/mol. The van der Waals surface area contributed by atoms with Gasteiger partial charge in [-0.25, -0.2) is 0 Å². The number of hydrogen-bond acceptors (Lipinski definition) is 4. The van der Waals surface area contributed by atoms with E-state index in [1.807, 2.05) is 34.9 Å². The van der Waals surface area contributed by atoms with Gasteiger partial charge in [-0.3, -0.25) is 14.8 Å². The van der Waals surface area contributed by atoms with Crippen LogP contribution < -0.4 is 4.90 Å². The second kappa shape index (κ2) is 6.75. The van der Waals surface area contributed by atoms with Crippen LogP contribution in [0, 0.1) is 0 Å². The molecule has 2 aromatic rings. The van der Waals surface area contributed by atoms with E-state index in [-0.39, 0.29) is 5.91 Å². The Morgan fingerprint density at radius 1 is 1.36 bits per heavy atom. The van der Waals surface area contributed by atoms with Crippen molar-refractivity contribution in [2.45, 2.75) is 23.5 Å². The van der Waals surface area contributed by atoms with E-state index in [1.165, 1.54) is 0 Å². The maximum atomic E-state index is 12.6. The predicted octanol–water partition coefficient (Wildman–Crippen LogP) is 3.41. The number of nitrogens with zero attached hydrogens (tertiary/aromatic N) is 3. The van der Waals surface area contributed by atoms with Crippen molar-refractivity contribution in [3.63, 3.8) is 0 Å². The number of amides is 1. The van der Waals surface area contributed by atoms with E-state index in [1.54, 1.807) is 30.7 Å². The van der Waals surface area contributed by atoms with Crippen molar-refractivity contribution in [3.8, 4) is 0 Å². The normalized spacial score (nSPS) is 18.0. The lowest BCUT2D eigenvalue weighted by atomic mass is 10.2. The third-order valence-electron chi connectivity index (χ3n) is 3.49. The van der Waals surface area contributed by atoms with Gasteiger partial charge in [-0.1, -0.05) is 19.1 Å². The summed E-state index contributed by atoms with van der Waals surface area (Å²) < 4.78 is 0. The molecule has 0 spiro atoms. The van der Waals surface area contributed by atoms with Crippen molar-refractivity contribution < 1.29 is 4.79 Å². The van der Waals surface area contributed by atoms with Crippen molar-refractivity contribution >= 4 is 29.4 Å². The first-order valence-corrected chi connectivity index (χ1v) is 8.13. The molecule has 1 amide bonds. The standard InChI is InChI=1S/C17H17N3OS/c1-13-8-11-20(15-4-2-3-5-16(15)22-13)17(21)7-6-14-12-18-9-10-19-14/h2-7,9-10,12-13H,8,11H2,1H3/b7-6+. The molecule has 1 aliphatic heterocycles. The minimum atomic E-state index is -0.0206. The lowest BCUT2D eigenvalue weighted by Gasteiger charge is -2.20. The maximum absolute atomic E-state index is 12.6. The number of aromatic nitrogens is 2. The highest BCUT2D eigenvalue weighted by atomic mass is 32.2. The lowest BCUT2D eigenvalue weighted by molar-refractivity contribution is -0.114. The summed E-state index contributed by atoms with van der Waals surface area (Å²) in [5, 5.41) is 0.503. The van der Waals surface area contributed by atoms with Gasteiger partial charge in [-0.05, 0) is 24.6 Å². The van der Waals surface area contributed by atoms with Crippen LogP contribution in [0.3, 0.4) is 0 Å². The van der Waals surface area contributed by atoms with Crippen LogP contribution >= 0.6 is 11.8 Å². The van der Waals surface area contributed by atoms with Crippen LogP contribution in [0.25, 0.3) is 6.08 Å². The Morgan fingerprint density at radius 3 is 3.05 bits per heavy atom. The van der Waals surface area contributed by atoms with Gasteiger partial charge >= 0.3 is 0 Å². The molecule has 3 rings (SSSR count). The molecule has 0 saturated carbocycles. The number of carbonyl (C=O) groups is 1. The topological polar surface area (TPSA) is 46.1 Å². The molecule has 2 heterocycles. The van der Waals surface area contributed by atoms with Crippen LogP contribution in [-0.2, 0) is 4.79 Å². The Balaban J connectivity index is 1.84. The van der Waals surface area contributed by atoms with Gasteiger partial charge in [0.15, 0.2) is 0 Å². The van der Waals surface area contributed by atoms with Crippen LogP contribution in [0.1, 0.15) is 19.0 Å². The highest BCUT2D eigenvalue weighted by molar-refractivity contribution is 8.00. The van der Waals surface area contributed by atoms with Gasteiger partial charge in [0.05, 0.1) is 17.6 Å².